The summed E-state index contributed by atoms with van der Waals surface area (Å²) in [5, 5.41) is 0. The van der Waals surface area contributed by atoms with E-state index in [1.54, 1.807) is 0 Å². The maximum atomic E-state index is 4.75. The lowest BCUT2D eigenvalue weighted by molar-refractivity contribution is 0.398. The van der Waals surface area contributed by atoms with Gasteiger partial charge in [-0.05, 0) is 6.92 Å². The number of hydrogen-bond donors (Lipinski definition) is 0. The van der Waals surface area contributed by atoms with E-state index in [1.807, 2.05) is 55.6 Å². The van der Waals surface area contributed by atoms with Gasteiger partial charge in [0.15, 0.2) is 5.84 Å². The smallest absolute Gasteiger partial charge is 0.159 e. The molecule has 1 heterocycles. The summed E-state index contributed by atoms with van der Waals surface area (Å²) in [6.07, 6.45) is 0.0814. The van der Waals surface area contributed by atoms with Gasteiger partial charge in [-0.1, -0.05) is 60.7 Å². The molecule has 3 nitrogen and oxygen atoms in total. The van der Waals surface area contributed by atoms with Crippen LogP contribution in [0.2, 0.25) is 0 Å². The monoisotopic (exact) mass is 263 g/mol. The summed E-state index contributed by atoms with van der Waals surface area (Å²) in [4.78, 5) is 11.5. The van der Waals surface area contributed by atoms with Gasteiger partial charge in [0.05, 0.1) is 0 Å². The van der Waals surface area contributed by atoms with Crippen LogP contribution in [0.15, 0.2) is 70.6 Å². The Morgan fingerprint density at radius 1 is 0.850 bits per heavy atom. The fraction of sp³-hybridized carbons (Fsp3) is 0.176. The average molecular weight is 263 g/mol. The van der Waals surface area contributed by atoms with Crippen LogP contribution in [0.5, 0.6) is 0 Å². The minimum absolute atomic E-state index is 0.0814. The summed E-state index contributed by atoms with van der Waals surface area (Å²) in [5.41, 5.74) is 2.17. The summed E-state index contributed by atoms with van der Waals surface area (Å²) in [6, 6.07) is 20.4. The molecule has 100 valence electrons. The molecule has 20 heavy (non-hydrogen) atoms. The Labute approximate surface area is 119 Å². The lowest BCUT2D eigenvalue weighted by Gasteiger charge is -2.29. The second kappa shape index (κ2) is 5.29. The molecule has 0 fully saturated rings. The van der Waals surface area contributed by atoms with Gasteiger partial charge in [0.25, 0.3) is 0 Å². The lowest BCUT2D eigenvalue weighted by Crippen LogP contribution is -2.38. The van der Waals surface area contributed by atoms with Gasteiger partial charge >= 0.3 is 0 Å². The summed E-state index contributed by atoms with van der Waals surface area (Å²) in [5.74, 6) is 1.77. The van der Waals surface area contributed by atoms with E-state index >= 15 is 0 Å². The molecule has 3 rings (SSSR count). The van der Waals surface area contributed by atoms with E-state index in [-0.39, 0.29) is 6.17 Å². The van der Waals surface area contributed by atoms with E-state index in [9.17, 15) is 0 Å². The third kappa shape index (κ3) is 2.35. The second-order valence-corrected chi connectivity index (χ2v) is 4.86. The Kier molecular flexibility index (Phi) is 3.33. The van der Waals surface area contributed by atoms with Crippen LogP contribution in [0.3, 0.4) is 0 Å². The first kappa shape index (κ1) is 12.6. The summed E-state index contributed by atoms with van der Waals surface area (Å²) in [7, 11) is 2.03. The zero-order chi connectivity index (χ0) is 13.9. The maximum absolute atomic E-state index is 4.75. The van der Waals surface area contributed by atoms with E-state index in [0.29, 0.717) is 0 Å². The first-order chi connectivity index (χ1) is 9.75. The highest BCUT2D eigenvalue weighted by Gasteiger charge is 2.21. The van der Waals surface area contributed by atoms with Gasteiger partial charge in [-0.3, -0.25) is 0 Å². The first-order valence-corrected chi connectivity index (χ1v) is 6.76. The highest BCUT2D eigenvalue weighted by Crippen LogP contribution is 2.16. The van der Waals surface area contributed by atoms with Gasteiger partial charge in [-0.2, -0.15) is 0 Å². The topological polar surface area (TPSA) is 28.0 Å². The number of nitrogens with zero attached hydrogens (tertiary/aromatic N) is 3. The molecule has 0 unspecified atom stereocenters. The van der Waals surface area contributed by atoms with Gasteiger partial charge in [0.1, 0.15) is 12.0 Å². The molecule has 0 radical (unpaired) electrons. The van der Waals surface area contributed by atoms with Crippen LogP contribution >= 0.6 is 0 Å². The third-order valence-electron chi connectivity index (χ3n) is 3.48. The molecule has 1 atom stereocenters. The van der Waals surface area contributed by atoms with Crippen LogP contribution in [0.25, 0.3) is 0 Å². The molecule has 1 aliphatic rings. The Hall–Kier alpha value is -2.42. The molecule has 2 aromatic rings. The Morgan fingerprint density at radius 2 is 1.40 bits per heavy atom. The highest BCUT2D eigenvalue weighted by molar-refractivity contribution is 6.12. The third-order valence-corrected chi connectivity index (χ3v) is 3.48. The zero-order valence-corrected chi connectivity index (χ0v) is 11.7. The summed E-state index contributed by atoms with van der Waals surface area (Å²) >= 11 is 0. The van der Waals surface area contributed by atoms with E-state index in [2.05, 4.69) is 28.9 Å². The molecular formula is C17H17N3. The molecule has 0 bridgehead atoms. The molecule has 0 aliphatic carbocycles. The number of amidine groups is 2. The van der Waals surface area contributed by atoms with Crippen molar-refractivity contribution in [3.63, 3.8) is 0 Å². The van der Waals surface area contributed by atoms with E-state index in [0.717, 1.165) is 22.8 Å². The Bertz CT molecular complexity index is 644. The van der Waals surface area contributed by atoms with Crippen molar-refractivity contribution in [3.8, 4) is 0 Å². The summed E-state index contributed by atoms with van der Waals surface area (Å²) < 4.78 is 0. The second-order valence-electron chi connectivity index (χ2n) is 4.86. The van der Waals surface area contributed by atoms with Crippen LogP contribution in [0, 0.1) is 0 Å². The molecule has 0 saturated heterocycles. The van der Waals surface area contributed by atoms with Crippen molar-refractivity contribution in [2.75, 3.05) is 7.05 Å². The predicted octanol–water partition coefficient (Wildman–Crippen LogP) is 3.17. The molecular weight excluding hydrogens is 246 g/mol. The van der Waals surface area contributed by atoms with Crippen molar-refractivity contribution in [1.29, 1.82) is 0 Å². The van der Waals surface area contributed by atoms with Crippen LogP contribution in [-0.4, -0.2) is 29.8 Å². The van der Waals surface area contributed by atoms with E-state index in [1.165, 1.54) is 0 Å². The quantitative estimate of drug-likeness (QED) is 0.818. The standard InChI is InChI=1S/C17H17N3/c1-13-18-16(14-9-5-3-6-10-14)19-17(20(13)2)15-11-7-4-8-12-15/h3-13H,1-2H3/t13-/m0/s1. The Balaban J connectivity index is 2.05. The molecule has 2 aromatic carbocycles. The van der Waals surface area contributed by atoms with Gasteiger partial charge in [0, 0.05) is 18.2 Å². The maximum Gasteiger partial charge on any atom is 0.159 e. The molecule has 0 saturated carbocycles. The van der Waals surface area contributed by atoms with Crippen LogP contribution in [-0.2, 0) is 0 Å². The van der Waals surface area contributed by atoms with Gasteiger partial charge in [0.2, 0.25) is 0 Å². The molecule has 3 heteroatoms. The van der Waals surface area contributed by atoms with E-state index < -0.39 is 0 Å². The van der Waals surface area contributed by atoms with Gasteiger partial charge in [-0.15, -0.1) is 0 Å². The van der Waals surface area contributed by atoms with Crippen molar-refractivity contribution in [1.82, 2.24) is 4.90 Å². The van der Waals surface area contributed by atoms with Crippen molar-refractivity contribution in [3.05, 3.63) is 71.8 Å². The number of benzene rings is 2. The normalized spacial score (nSPS) is 18.5. The lowest BCUT2D eigenvalue weighted by atomic mass is 10.1. The highest BCUT2D eigenvalue weighted by atomic mass is 15.3. The molecule has 0 spiro atoms. The van der Waals surface area contributed by atoms with Crippen molar-refractivity contribution in [2.24, 2.45) is 9.98 Å². The van der Waals surface area contributed by atoms with E-state index in [4.69, 9.17) is 4.99 Å². The van der Waals surface area contributed by atoms with Crippen molar-refractivity contribution >= 4 is 11.7 Å². The van der Waals surface area contributed by atoms with Crippen molar-refractivity contribution < 1.29 is 0 Å². The predicted molar refractivity (Wildman–Crippen MR) is 83.2 cm³/mol. The van der Waals surface area contributed by atoms with Gasteiger partial charge in [-0.25, -0.2) is 9.98 Å². The largest absolute Gasteiger partial charge is 0.337 e. The fourth-order valence-electron chi connectivity index (χ4n) is 2.23. The van der Waals surface area contributed by atoms with Crippen LogP contribution < -0.4 is 0 Å². The molecule has 1 aliphatic heterocycles. The van der Waals surface area contributed by atoms with Crippen molar-refractivity contribution in [2.45, 2.75) is 13.1 Å². The molecule has 0 amide bonds. The van der Waals surface area contributed by atoms with Gasteiger partial charge < -0.3 is 4.90 Å². The zero-order valence-electron chi connectivity index (χ0n) is 11.7. The molecule has 0 N–H and O–H groups in total. The van der Waals surface area contributed by atoms with Crippen LogP contribution in [0.4, 0.5) is 0 Å². The average Bonchev–Trinajstić information content (AvgIpc) is 2.51. The SMILES string of the molecule is C[C@H]1N=C(c2ccccc2)N=C(c2ccccc2)N1C. The minimum atomic E-state index is 0.0814. The number of rotatable bonds is 2. The Morgan fingerprint density at radius 3 is 2.00 bits per heavy atom. The fourth-order valence-corrected chi connectivity index (χ4v) is 2.23. The van der Waals surface area contributed by atoms with Crippen LogP contribution in [0.1, 0.15) is 18.1 Å². The minimum Gasteiger partial charge on any atom is -0.337 e. The first-order valence-electron chi connectivity index (χ1n) is 6.76. The number of hydrogen-bond acceptors (Lipinski definition) is 3. The summed E-state index contributed by atoms with van der Waals surface area (Å²) in [6.45, 7) is 2.08. The molecule has 0 aromatic heterocycles. The number of aliphatic imine (C=N–C) groups is 2.